The highest BCUT2D eigenvalue weighted by Crippen LogP contribution is 2.29. The predicted molar refractivity (Wildman–Crippen MR) is 79.5 cm³/mol. The summed E-state index contributed by atoms with van der Waals surface area (Å²) in [4.78, 5) is 0. The number of hydrogen-bond acceptors (Lipinski definition) is 1. The Morgan fingerprint density at radius 1 is 1.22 bits per heavy atom. The first-order chi connectivity index (χ1) is 8.51. The minimum Gasteiger partial charge on any atom is -0.496 e. The highest BCUT2D eigenvalue weighted by Gasteiger charge is 2.12. The first kappa shape index (κ1) is 14.8. The fourth-order valence-corrected chi connectivity index (χ4v) is 2.38. The van der Waals surface area contributed by atoms with Crippen molar-refractivity contribution in [2.75, 3.05) is 7.11 Å². The van der Waals surface area contributed by atoms with E-state index in [4.69, 9.17) is 4.74 Å². The minimum atomic E-state index is 0.593. The van der Waals surface area contributed by atoms with Gasteiger partial charge in [0.05, 0.1) is 7.11 Å². The van der Waals surface area contributed by atoms with E-state index >= 15 is 0 Å². The number of hydrogen-bond donors (Lipinski definition) is 0. The van der Waals surface area contributed by atoms with Gasteiger partial charge in [0.2, 0.25) is 0 Å². The van der Waals surface area contributed by atoms with E-state index in [1.807, 2.05) is 0 Å². The van der Waals surface area contributed by atoms with Crippen molar-refractivity contribution in [2.24, 2.45) is 5.92 Å². The Morgan fingerprint density at radius 3 is 2.44 bits per heavy atom. The lowest BCUT2D eigenvalue weighted by molar-refractivity contribution is 0.410. The molecule has 100 valence electrons. The molecule has 0 saturated heterocycles. The number of allylic oxidation sites excluding steroid dienone is 2. The zero-order valence-corrected chi connectivity index (χ0v) is 12.6. The van der Waals surface area contributed by atoms with Crippen LogP contribution in [0.2, 0.25) is 0 Å². The molecule has 1 aromatic carbocycles. The molecule has 18 heavy (non-hydrogen) atoms. The molecular formula is C17H26O. The summed E-state index contributed by atoms with van der Waals surface area (Å²) in [5, 5.41) is 0. The molecule has 0 aromatic heterocycles. The lowest BCUT2D eigenvalue weighted by Crippen LogP contribution is -2.04. The maximum Gasteiger partial charge on any atom is 0.122 e. The van der Waals surface area contributed by atoms with Gasteiger partial charge in [-0.05, 0) is 67.9 Å². The van der Waals surface area contributed by atoms with Crippen LogP contribution in [0, 0.1) is 26.7 Å². The van der Waals surface area contributed by atoms with E-state index in [0.29, 0.717) is 5.92 Å². The van der Waals surface area contributed by atoms with Gasteiger partial charge in [-0.1, -0.05) is 26.0 Å². The summed E-state index contributed by atoms with van der Waals surface area (Å²) < 4.78 is 5.42. The Morgan fingerprint density at radius 2 is 1.89 bits per heavy atom. The number of ether oxygens (including phenoxy) is 1. The molecule has 1 heteroatoms. The van der Waals surface area contributed by atoms with Crippen LogP contribution in [0.3, 0.4) is 0 Å². The van der Waals surface area contributed by atoms with E-state index in [9.17, 15) is 0 Å². The maximum absolute atomic E-state index is 5.42. The lowest BCUT2D eigenvalue weighted by Gasteiger charge is -2.17. The molecule has 0 N–H and O–H groups in total. The fraction of sp³-hybridized carbons (Fsp3) is 0.529. The topological polar surface area (TPSA) is 9.23 Å². The van der Waals surface area contributed by atoms with Crippen LogP contribution in [0.4, 0.5) is 0 Å². The van der Waals surface area contributed by atoms with Gasteiger partial charge in [0.1, 0.15) is 5.75 Å². The maximum atomic E-state index is 5.42. The third-order valence-electron chi connectivity index (χ3n) is 3.65. The summed E-state index contributed by atoms with van der Waals surface area (Å²) in [6.07, 6.45) is 6.80. The SMILES string of the molecule is CC/C=C\C(C)Cc1c(C)cc(OC)c(C)c1C. The molecule has 0 amide bonds. The van der Waals surface area contributed by atoms with Crippen molar-refractivity contribution >= 4 is 0 Å². The number of benzene rings is 1. The molecule has 0 aliphatic rings. The van der Waals surface area contributed by atoms with Crippen LogP contribution < -0.4 is 4.74 Å². The van der Waals surface area contributed by atoms with Gasteiger partial charge < -0.3 is 4.74 Å². The van der Waals surface area contributed by atoms with Crippen molar-refractivity contribution in [3.63, 3.8) is 0 Å². The first-order valence-electron chi connectivity index (χ1n) is 6.81. The average Bonchev–Trinajstić information content (AvgIpc) is 2.36. The first-order valence-corrected chi connectivity index (χ1v) is 6.81. The standard InChI is InChI=1S/C17H26O/c1-7-8-9-12(2)10-16-13(3)11-17(18-6)15(5)14(16)4/h8-9,11-12H,7,10H2,1-6H3/b9-8-. The van der Waals surface area contributed by atoms with Crippen molar-refractivity contribution in [1.82, 2.24) is 0 Å². The summed E-state index contributed by atoms with van der Waals surface area (Å²) in [5.74, 6) is 1.60. The molecule has 0 fully saturated rings. The molecule has 0 aliphatic carbocycles. The van der Waals surface area contributed by atoms with E-state index < -0.39 is 0 Å². The van der Waals surface area contributed by atoms with Gasteiger partial charge >= 0.3 is 0 Å². The third-order valence-corrected chi connectivity index (χ3v) is 3.65. The number of methoxy groups -OCH3 is 1. The van der Waals surface area contributed by atoms with Crippen LogP contribution in [0.1, 0.15) is 42.5 Å². The smallest absolute Gasteiger partial charge is 0.122 e. The third kappa shape index (κ3) is 3.38. The Balaban J connectivity index is 3.03. The van der Waals surface area contributed by atoms with E-state index in [-0.39, 0.29) is 0 Å². The Bertz CT molecular complexity index is 430. The van der Waals surface area contributed by atoms with Crippen molar-refractivity contribution in [2.45, 2.75) is 47.5 Å². The van der Waals surface area contributed by atoms with Gasteiger partial charge in [0, 0.05) is 0 Å². The van der Waals surface area contributed by atoms with Crippen molar-refractivity contribution in [3.05, 3.63) is 40.5 Å². The molecule has 1 aromatic rings. The summed E-state index contributed by atoms with van der Waals surface area (Å²) in [6.45, 7) is 11.0. The van der Waals surface area contributed by atoms with Crippen molar-refractivity contribution in [1.29, 1.82) is 0 Å². The second-order valence-corrected chi connectivity index (χ2v) is 5.14. The minimum absolute atomic E-state index is 0.593. The second-order valence-electron chi connectivity index (χ2n) is 5.14. The molecule has 1 nitrogen and oxygen atoms in total. The van der Waals surface area contributed by atoms with Crippen molar-refractivity contribution in [3.8, 4) is 5.75 Å². The monoisotopic (exact) mass is 246 g/mol. The molecule has 0 aliphatic heterocycles. The molecule has 0 radical (unpaired) electrons. The molecular weight excluding hydrogens is 220 g/mol. The van der Waals surface area contributed by atoms with E-state index in [1.165, 1.54) is 22.3 Å². The van der Waals surface area contributed by atoms with Crippen LogP contribution in [0.15, 0.2) is 18.2 Å². The predicted octanol–water partition coefficient (Wildman–Crippen LogP) is 4.77. The van der Waals surface area contributed by atoms with Crippen LogP contribution in [-0.2, 0) is 6.42 Å². The molecule has 0 saturated carbocycles. The van der Waals surface area contributed by atoms with Gasteiger partial charge in [0.15, 0.2) is 0 Å². The number of rotatable bonds is 5. The van der Waals surface area contributed by atoms with Crippen LogP contribution in [-0.4, -0.2) is 7.11 Å². The van der Waals surface area contributed by atoms with Crippen LogP contribution in [0.25, 0.3) is 0 Å². The van der Waals surface area contributed by atoms with Gasteiger partial charge in [0.25, 0.3) is 0 Å². The zero-order chi connectivity index (χ0) is 13.7. The quantitative estimate of drug-likeness (QED) is 0.680. The van der Waals surface area contributed by atoms with E-state index in [1.54, 1.807) is 7.11 Å². The Labute approximate surface area is 112 Å². The normalized spacial score (nSPS) is 13.0. The molecule has 1 rings (SSSR count). The van der Waals surface area contributed by atoms with Gasteiger partial charge in [-0.15, -0.1) is 0 Å². The van der Waals surface area contributed by atoms with Gasteiger partial charge in [-0.3, -0.25) is 0 Å². The van der Waals surface area contributed by atoms with Gasteiger partial charge in [-0.25, -0.2) is 0 Å². The van der Waals surface area contributed by atoms with Crippen molar-refractivity contribution < 1.29 is 4.74 Å². The highest BCUT2D eigenvalue weighted by molar-refractivity contribution is 5.48. The summed E-state index contributed by atoms with van der Waals surface area (Å²) in [6, 6.07) is 2.16. The summed E-state index contributed by atoms with van der Waals surface area (Å²) >= 11 is 0. The summed E-state index contributed by atoms with van der Waals surface area (Å²) in [5.41, 5.74) is 5.46. The molecule has 1 unspecified atom stereocenters. The van der Waals surface area contributed by atoms with Gasteiger partial charge in [-0.2, -0.15) is 0 Å². The molecule has 0 bridgehead atoms. The largest absolute Gasteiger partial charge is 0.496 e. The fourth-order valence-electron chi connectivity index (χ4n) is 2.38. The van der Waals surface area contributed by atoms with E-state index in [0.717, 1.165) is 18.6 Å². The average molecular weight is 246 g/mol. The second kappa shape index (κ2) is 6.63. The van der Waals surface area contributed by atoms with Crippen LogP contribution >= 0.6 is 0 Å². The Hall–Kier alpha value is -1.24. The van der Waals surface area contributed by atoms with Crippen LogP contribution in [0.5, 0.6) is 5.75 Å². The summed E-state index contributed by atoms with van der Waals surface area (Å²) in [7, 11) is 1.74. The highest BCUT2D eigenvalue weighted by atomic mass is 16.5. The lowest BCUT2D eigenvalue weighted by atomic mass is 9.90. The molecule has 0 heterocycles. The zero-order valence-electron chi connectivity index (χ0n) is 12.6. The number of aryl methyl sites for hydroxylation is 1. The molecule has 1 atom stereocenters. The Kier molecular flexibility index (Phi) is 5.46. The molecule has 0 spiro atoms. The van der Waals surface area contributed by atoms with E-state index in [2.05, 4.69) is 52.8 Å².